The molecule has 7 heteroatoms. The fourth-order valence-corrected chi connectivity index (χ4v) is 4.02. The fraction of sp³-hybridized carbons (Fsp3) is 0.320. The van der Waals surface area contributed by atoms with E-state index in [1.54, 1.807) is 18.2 Å². The average molecular weight is 431 g/mol. The van der Waals surface area contributed by atoms with Crippen LogP contribution >= 0.6 is 0 Å². The van der Waals surface area contributed by atoms with Gasteiger partial charge in [0.2, 0.25) is 5.91 Å². The Morgan fingerprint density at radius 1 is 1.25 bits per heavy atom. The Kier molecular flexibility index (Phi) is 5.87. The van der Waals surface area contributed by atoms with Crippen LogP contribution in [0.3, 0.4) is 0 Å². The van der Waals surface area contributed by atoms with Gasteiger partial charge >= 0.3 is 6.09 Å². The van der Waals surface area contributed by atoms with Crippen molar-refractivity contribution < 1.29 is 19.1 Å². The van der Waals surface area contributed by atoms with E-state index in [0.717, 1.165) is 12.0 Å². The van der Waals surface area contributed by atoms with E-state index in [4.69, 9.17) is 9.47 Å². The van der Waals surface area contributed by atoms with Crippen LogP contribution in [0.2, 0.25) is 0 Å². The van der Waals surface area contributed by atoms with E-state index < -0.39 is 17.7 Å². The molecule has 1 N–H and O–H groups in total. The summed E-state index contributed by atoms with van der Waals surface area (Å²) >= 11 is 0. The Labute approximate surface area is 187 Å². The lowest BCUT2D eigenvalue weighted by Gasteiger charge is -2.32. The van der Waals surface area contributed by atoms with Crippen molar-refractivity contribution in [3.8, 4) is 11.8 Å². The lowest BCUT2D eigenvalue weighted by molar-refractivity contribution is -0.123. The van der Waals surface area contributed by atoms with Gasteiger partial charge in [0, 0.05) is 12.1 Å². The molecule has 7 nitrogen and oxygen atoms in total. The first-order valence-corrected chi connectivity index (χ1v) is 10.6. The molecular weight excluding hydrogens is 406 g/mol. The highest BCUT2D eigenvalue weighted by molar-refractivity contribution is 5.94. The molecule has 4 rings (SSSR count). The van der Waals surface area contributed by atoms with E-state index in [1.165, 1.54) is 4.90 Å². The van der Waals surface area contributed by atoms with Crippen molar-refractivity contribution in [2.75, 3.05) is 6.54 Å². The van der Waals surface area contributed by atoms with E-state index in [9.17, 15) is 14.9 Å². The predicted octanol–water partition coefficient (Wildman–Crippen LogP) is 3.99. The number of hydrogen-bond donors (Lipinski definition) is 1. The maximum atomic E-state index is 13.2. The standard InChI is InChI=1S/C25H25N3O4/c1-25(2)14-20(19-13-18(15-26)10-11-22(19)32-25)27-23(29)21-9-6-12-28(21)24(30)31-16-17-7-4-3-5-8-17/h3-5,7-8,10-11,13-14,21H,6,9,12,16H2,1-2H3,(H,27,29)/t21-/m0/s1. The zero-order valence-electron chi connectivity index (χ0n) is 18.1. The number of hydrogen-bond acceptors (Lipinski definition) is 5. The highest BCUT2D eigenvalue weighted by Crippen LogP contribution is 2.35. The molecule has 0 bridgehead atoms. The number of nitrogens with one attached hydrogen (secondary N) is 1. The molecule has 32 heavy (non-hydrogen) atoms. The van der Waals surface area contributed by atoms with Gasteiger partial charge < -0.3 is 14.8 Å². The van der Waals surface area contributed by atoms with Crippen molar-refractivity contribution in [2.45, 2.75) is 44.9 Å². The summed E-state index contributed by atoms with van der Waals surface area (Å²) in [5.41, 5.74) is 1.95. The summed E-state index contributed by atoms with van der Waals surface area (Å²) in [6, 6.07) is 16.0. The molecule has 0 unspecified atom stereocenters. The number of carbonyl (C=O) groups excluding carboxylic acids is 2. The summed E-state index contributed by atoms with van der Waals surface area (Å²) in [6.07, 6.45) is 2.60. The van der Waals surface area contributed by atoms with Gasteiger partial charge in [0.15, 0.2) is 0 Å². The highest BCUT2D eigenvalue weighted by atomic mass is 16.6. The summed E-state index contributed by atoms with van der Waals surface area (Å²) < 4.78 is 11.4. The number of nitrogens with zero attached hydrogens (tertiary/aromatic N) is 2. The normalized spacial score (nSPS) is 18.6. The van der Waals surface area contributed by atoms with Crippen LogP contribution in [0.4, 0.5) is 4.79 Å². The van der Waals surface area contributed by atoms with Gasteiger partial charge in [-0.1, -0.05) is 30.3 Å². The van der Waals surface area contributed by atoms with Crippen molar-refractivity contribution in [3.63, 3.8) is 0 Å². The van der Waals surface area contributed by atoms with Gasteiger partial charge in [0.25, 0.3) is 0 Å². The molecule has 0 aromatic heterocycles. The SMILES string of the molecule is CC1(C)C=C(NC(=O)[C@@H]2CCCN2C(=O)OCc2ccccc2)c2cc(C#N)ccc2O1. The third kappa shape index (κ3) is 4.59. The van der Waals surface area contributed by atoms with Crippen molar-refractivity contribution in [1.82, 2.24) is 10.2 Å². The number of nitriles is 1. The zero-order chi connectivity index (χ0) is 22.7. The second-order valence-corrected chi connectivity index (χ2v) is 8.47. The largest absolute Gasteiger partial charge is 0.483 e. The number of ether oxygens (including phenoxy) is 2. The second kappa shape index (κ2) is 8.75. The molecule has 164 valence electrons. The van der Waals surface area contributed by atoms with Gasteiger partial charge in [0.05, 0.1) is 17.3 Å². The van der Waals surface area contributed by atoms with E-state index in [1.807, 2.05) is 50.3 Å². The smallest absolute Gasteiger partial charge is 0.410 e. The van der Waals surface area contributed by atoms with Crippen molar-refractivity contribution >= 4 is 17.7 Å². The molecule has 2 aromatic carbocycles. The molecule has 0 saturated carbocycles. The van der Waals surface area contributed by atoms with E-state index >= 15 is 0 Å². The van der Waals surface area contributed by atoms with Crippen molar-refractivity contribution in [1.29, 1.82) is 5.26 Å². The van der Waals surface area contributed by atoms with Crippen LogP contribution in [0.5, 0.6) is 5.75 Å². The zero-order valence-corrected chi connectivity index (χ0v) is 18.1. The van der Waals surface area contributed by atoms with E-state index in [-0.39, 0.29) is 12.5 Å². The van der Waals surface area contributed by atoms with Gasteiger partial charge in [-0.3, -0.25) is 9.69 Å². The number of fused-ring (bicyclic) bond motifs is 1. The molecule has 2 amide bonds. The average Bonchev–Trinajstić information content (AvgIpc) is 3.27. The first kappa shape index (κ1) is 21.4. The number of carbonyl (C=O) groups is 2. The summed E-state index contributed by atoms with van der Waals surface area (Å²) in [6.45, 7) is 4.41. The van der Waals surface area contributed by atoms with Crippen LogP contribution in [0, 0.1) is 11.3 Å². The molecule has 0 aliphatic carbocycles. The second-order valence-electron chi connectivity index (χ2n) is 8.47. The minimum absolute atomic E-state index is 0.158. The Hall–Kier alpha value is -3.79. The third-order valence-electron chi connectivity index (χ3n) is 5.52. The molecule has 2 aliphatic rings. The molecule has 1 saturated heterocycles. The van der Waals surface area contributed by atoms with E-state index in [0.29, 0.717) is 35.5 Å². The van der Waals surface area contributed by atoms with Crippen LogP contribution in [-0.2, 0) is 16.1 Å². The predicted molar refractivity (Wildman–Crippen MR) is 118 cm³/mol. The van der Waals surface area contributed by atoms with Crippen molar-refractivity contribution in [3.05, 3.63) is 71.3 Å². The van der Waals surface area contributed by atoms with Crippen LogP contribution in [0.1, 0.15) is 43.4 Å². The lowest BCUT2D eigenvalue weighted by atomic mass is 9.97. The molecule has 0 radical (unpaired) electrons. The topological polar surface area (TPSA) is 91.7 Å². The first-order valence-electron chi connectivity index (χ1n) is 10.6. The van der Waals surface area contributed by atoms with Crippen molar-refractivity contribution in [2.24, 2.45) is 0 Å². The Balaban J connectivity index is 1.48. The van der Waals surface area contributed by atoms with Gasteiger partial charge in [-0.15, -0.1) is 0 Å². The molecular formula is C25H25N3O4. The summed E-state index contributed by atoms with van der Waals surface area (Å²) in [5, 5.41) is 12.2. The molecule has 1 fully saturated rings. The highest BCUT2D eigenvalue weighted by Gasteiger charge is 2.36. The van der Waals surface area contributed by atoms with Gasteiger partial charge in [-0.25, -0.2) is 4.79 Å². The van der Waals surface area contributed by atoms with Crippen LogP contribution in [0.25, 0.3) is 5.70 Å². The van der Waals surface area contributed by atoms with Crippen LogP contribution < -0.4 is 10.1 Å². The summed E-state index contributed by atoms with van der Waals surface area (Å²) in [7, 11) is 0. The van der Waals surface area contributed by atoms with Crippen LogP contribution in [0.15, 0.2) is 54.6 Å². The number of benzene rings is 2. The molecule has 2 aliphatic heterocycles. The third-order valence-corrected chi connectivity index (χ3v) is 5.52. The maximum absolute atomic E-state index is 13.2. The van der Waals surface area contributed by atoms with E-state index in [2.05, 4.69) is 11.4 Å². The fourth-order valence-electron chi connectivity index (χ4n) is 4.02. The quantitative estimate of drug-likeness (QED) is 0.790. The monoisotopic (exact) mass is 431 g/mol. The van der Waals surface area contributed by atoms with Gasteiger partial charge in [-0.05, 0) is 56.5 Å². The van der Waals surface area contributed by atoms with Crippen LogP contribution in [-0.4, -0.2) is 35.1 Å². The summed E-state index contributed by atoms with van der Waals surface area (Å²) in [5.74, 6) is 0.314. The first-order chi connectivity index (χ1) is 15.4. The molecule has 2 aromatic rings. The minimum atomic E-state index is -0.631. The Morgan fingerprint density at radius 2 is 2.03 bits per heavy atom. The Morgan fingerprint density at radius 3 is 2.78 bits per heavy atom. The lowest BCUT2D eigenvalue weighted by Crippen LogP contribution is -2.46. The number of amides is 2. The Bertz CT molecular complexity index is 1100. The summed E-state index contributed by atoms with van der Waals surface area (Å²) in [4.78, 5) is 27.3. The van der Waals surface area contributed by atoms with Gasteiger partial charge in [0.1, 0.15) is 24.0 Å². The number of likely N-dealkylation sites (tertiary alicyclic amines) is 1. The maximum Gasteiger partial charge on any atom is 0.410 e. The number of rotatable bonds is 4. The molecule has 0 spiro atoms. The van der Waals surface area contributed by atoms with Gasteiger partial charge in [-0.2, -0.15) is 5.26 Å². The minimum Gasteiger partial charge on any atom is -0.483 e. The molecule has 1 atom stereocenters. The molecule has 2 heterocycles.